The third-order valence-corrected chi connectivity index (χ3v) is 4.39. The summed E-state index contributed by atoms with van der Waals surface area (Å²) in [5.74, 6) is 0.603. The Hall–Kier alpha value is -2.97. The van der Waals surface area contributed by atoms with Crippen LogP contribution in [0.15, 0.2) is 24.7 Å². The van der Waals surface area contributed by atoms with Crippen LogP contribution in [-0.4, -0.2) is 63.1 Å². The Balaban J connectivity index is 1.58. The fourth-order valence-electron chi connectivity index (χ4n) is 2.80. The van der Waals surface area contributed by atoms with Crippen molar-refractivity contribution in [2.75, 3.05) is 37.4 Å². The number of nitrogens with zero attached hydrogens (tertiary/aromatic N) is 7. The van der Waals surface area contributed by atoms with Gasteiger partial charge in [-0.15, -0.1) is 5.10 Å². The first-order chi connectivity index (χ1) is 12.9. The molecule has 2 aromatic heterocycles. The molecule has 3 rings (SSSR count). The maximum absolute atomic E-state index is 12.6. The molecule has 0 saturated carbocycles. The van der Waals surface area contributed by atoms with Crippen LogP contribution in [-0.2, 0) is 0 Å². The van der Waals surface area contributed by atoms with Gasteiger partial charge in [0.25, 0.3) is 0 Å². The van der Waals surface area contributed by atoms with E-state index >= 15 is 0 Å². The Kier molecular flexibility index (Phi) is 5.68. The first-order valence-corrected chi connectivity index (χ1v) is 9.10. The lowest BCUT2D eigenvalue weighted by Gasteiger charge is -2.21. The van der Waals surface area contributed by atoms with E-state index < -0.39 is 0 Å². The van der Waals surface area contributed by atoms with Gasteiger partial charge in [0.15, 0.2) is 0 Å². The topological polar surface area (TPSA) is 92.1 Å². The fourth-order valence-corrected chi connectivity index (χ4v) is 2.80. The minimum Gasteiger partial charge on any atom is -0.347 e. The second-order valence-electron chi connectivity index (χ2n) is 7.03. The molecule has 0 spiro atoms. The van der Waals surface area contributed by atoms with Crippen molar-refractivity contribution in [3.8, 4) is 0 Å². The number of rotatable bonds is 4. The average molecular weight is 370 g/mol. The van der Waals surface area contributed by atoms with E-state index in [0.29, 0.717) is 24.7 Å². The van der Waals surface area contributed by atoms with Crippen molar-refractivity contribution in [2.24, 2.45) is 0 Å². The van der Waals surface area contributed by atoms with Crippen molar-refractivity contribution in [1.82, 2.24) is 29.9 Å². The monoisotopic (exact) mass is 370 g/mol. The van der Waals surface area contributed by atoms with Crippen LogP contribution in [0, 0.1) is 0 Å². The zero-order valence-electron chi connectivity index (χ0n) is 16.3. The number of hydrogen-bond acceptors (Lipinski definition) is 6. The van der Waals surface area contributed by atoms with Crippen LogP contribution in [0.5, 0.6) is 0 Å². The van der Waals surface area contributed by atoms with Crippen LogP contribution in [0.2, 0.25) is 0 Å². The van der Waals surface area contributed by atoms with Gasteiger partial charge in [0.2, 0.25) is 5.95 Å². The van der Waals surface area contributed by atoms with Gasteiger partial charge in [0.05, 0.1) is 24.3 Å². The SMILES string of the molecule is CC(C)n1cc(C2=CCCN(C(=O)Nc3cnc(N(C)C)nc3)CC2)nn1. The lowest BCUT2D eigenvalue weighted by Crippen LogP contribution is -2.35. The molecule has 0 fully saturated rings. The molecule has 27 heavy (non-hydrogen) atoms. The lowest BCUT2D eigenvalue weighted by molar-refractivity contribution is 0.214. The molecular weight excluding hydrogens is 344 g/mol. The van der Waals surface area contributed by atoms with E-state index in [2.05, 4.69) is 45.5 Å². The van der Waals surface area contributed by atoms with Gasteiger partial charge in [0, 0.05) is 33.2 Å². The van der Waals surface area contributed by atoms with Gasteiger partial charge in [-0.1, -0.05) is 11.3 Å². The molecule has 0 unspecified atom stereocenters. The maximum atomic E-state index is 12.6. The van der Waals surface area contributed by atoms with Gasteiger partial charge >= 0.3 is 6.03 Å². The molecule has 0 saturated heterocycles. The molecule has 9 nitrogen and oxygen atoms in total. The number of amides is 2. The molecule has 144 valence electrons. The zero-order chi connectivity index (χ0) is 19.4. The Morgan fingerprint density at radius 3 is 2.59 bits per heavy atom. The predicted octanol–water partition coefficient (Wildman–Crippen LogP) is 2.43. The lowest BCUT2D eigenvalue weighted by atomic mass is 10.1. The largest absolute Gasteiger partial charge is 0.347 e. The zero-order valence-corrected chi connectivity index (χ0v) is 16.3. The molecule has 1 aliphatic rings. The molecule has 3 heterocycles. The Morgan fingerprint density at radius 1 is 1.22 bits per heavy atom. The van der Waals surface area contributed by atoms with Gasteiger partial charge in [-0.25, -0.2) is 19.4 Å². The molecule has 0 aromatic carbocycles. The van der Waals surface area contributed by atoms with Crippen molar-refractivity contribution in [3.63, 3.8) is 0 Å². The Morgan fingerprint density at radius 2 is 1.96 bits per heavy atom. The third-order valence-electron chi connectivity index (χ3n) is 4.39. The maximum Gasteiger partial charge on any atom is 0.321 e. The molecule has 1 N–H and O–H groups in total. The highest BCUT2D eigenvalue weighted by molar-refractivity contribution is 5.89. The highest BCUT2D eigenvalue weighted by Gasteiger charge is 2.19. The Labute approximate surface area is 159 Å². The van der Waals surface area contributed by atoms with Crippen molar-refractivity contribution < 1.29 is 4.79 Å². The van der Waals surface area contributed by atoms with E-state index in [1.807, 2.05) is 29.9 Å². The van der Waals surface area contributed by atoms with Crippen LogP contribution in [0.3, 0.4) is 0 Å². The molecule has 1 aliphatic heterocycles. The van der Waals surface area contributed by atoms with Crippen LogP contribution in [0.1, 0.15) is 38.4 Å². The first-order valence-electron chi connectivity index (χ1n) is 9.10. The standard InChI is InChI=1S/C18H26N8O/c1-13(2)26-12-16(22-23-26)14-6-5-8-25(9-7-14)18(27)21-15-10-19-17(20-11-15)24(3)4/h6,10-13H,5,7-9H2,1-4H3,(H,21,27). The summed E-state index contributed by atoms with van der Waals surface area (Å²) in [6.07, 6.45) is 8.89. The summed E-state index contributed by atoms with van der Waals surface area (Å²) in [6, 6.07) is 0.137. The number of urea groups is 1. The molecule has 0 atom stereocenters. The van der Waals surface area contributed by atoms with Crippen molar-refractivity contribution >= 4 is 23.2 Å². The van der Waals surface area contributed by atoms with Gasteiger partial charge in [-0.2, -0.15) is 0 Å². The molecule has 0 aliphatic carbocycles. The number of carbonyl (C=O) groups is 1. The van der Waals surface area contributed by atoms with E-state index in [9.17, 15) is 4.79 Å². The molecule has 0 radical (unpaired) electrons. The predicted molar refractivity (Wildman–Crippen MR) is 105 cm³/mol. The number of nitrogens with one attached hydrogen (secondary N) is 1. The second-order valence-corrected chi connectivity index (χ2v) is 7.03. The van der Waals surface area contributed by atoms with E-state index in [4.69, 9.17) is 0 Å². The molecule has 9 heteroatoms. The van der Waals surface area contributed by atoms with E-state index in [0.717, 1.165) is 24.1 Å². The van der Waals surface area contributed by atoms with Crippen molar-refractivity contribution in [1.29, 1.82) is 0 Å². The number of aromatic nitrogens is 5. The third kappa shape index (κ3) is 4.60. The Bertz CT molecular complexity index is 809. The van der Waals surface area contributed by atoms with Crippen molar-refractivity contribution in [3.05, 3.63) is 30.4 Å². The van der Waals surface area contributed by atoms with Crippen LogP contribution >= 0.6 is 0 Å². The van der Waals surface area contributed by atoms with Gasteiger partial charge in [0.1, 0.15) is 5.69 Å². The number of hydrogen-bond donors (Lipinski definition) is 1. The summed E-state index contributed by atoms with van der Waals surface area (Å²) < 4.78 is 1.85. The molecule has 0 bridgehead atoms. The summed E-state index contributed by atoms with van der Waals surface area (Å²) in [5, 5.41) is 11.3. The first kappa shape index (κ1) is 18.8. The van der Waals surface area contributed by atoms with Gasteiger partial charge in [-0.3, -0.25) is 0 Å². The van der Waals surface area contributed by atoms with E-state index in [-0.39, 0.29) is 12.1 Å². The molecule has 2 amide bonds. The second kappa shape index (κ2) is 8.15. The number of anilines is 2. The normalized spacial score (nSPS) is 14.7. The highest BCUT2D eigenvalue weighted by atomic mass is 16.2. The van der Waals surface area contributed by atoms with E-state index in [1.54, 1.807) is 17.3 Å². The summed E-state index contributed by atoms with van der Waals surface area (Å²) >= 11 is 0. The summed E-state index contributed by atoms with van der Waals surface area (Å²) in [7, 11) is 3.74. The van der Waals surface area contributed by atoms with Crippen molar-refractivity contribution in [2.45, 2.75) is 32.7 Å². The van der Waals surface area contributed by atoms with Gasteiger partial charge in [-0.05, 0) is 32.3 Å². The minimum absolute atomic E-state index is 0.142. The summed E-state index contributed by atoms with van der Waals surface area (Å²) in [6.45, 7) is 5.43. The number of carbonyl (C=O) groups excluding carboxylic acids is 1. The average Bonchev–Trinajstić information content (AvgIpc) is 3.01. The minimum atomic E-state index is -0.142. The van der Waals surface area contributed by atoms with Crippen LogP contribution < -0.4 is 10.2 Å². The smallest absolute Gasteiger partial charge is 0.321 e. The highest BCUT2D eigenvalue weighted by Crippen LogP contribution is 2.21. The van der Waals surface area contributed by atoms with Gasteiger partial charge < -0.3 is 15.1 Å². The summed E-state index contributed by atoms with van der Waals surface area (Å²) in [4.78, 5) is 24.6. The fraction of sp³-hybridized carbons (Fsp3) is 0.500. The quantitative estimate of drug-likeness (QED) is 0.889. The van der Waals surface area contributed by atoms with Crippen LogP contribution in [0.25, 0.3) is 5.57 Å². The molecule has 2 aromatic rings. The van der Waals surface area contributed by atoms with E-state index in [1.165, 1.54) is 0 Å². The molecular formula is C18H26N8O. The van der Waals surface area contributed by atoms with Crippen LogP contribution in [0.4, 0.5) is 16.4 Å². The summed E-state index contributed by atoms with van der Waals surface area (Å²) in [5.41, 5.74) is 2.61.